The molecule has 2 aromatic rings. The smallest absolute Gasteiger partial charge is 0.223 e. The van der Waals surface area contributed by atoms with Gasteiger partial charge >= 0.3 is 0 Å². The lowest BCUT2D eigenvalue weighted by Crippen LogP contribution is -2.58. The van der Waals surface area contributed by atoms with Gasteiger partial charge in [0.05, 0.1) is 18.4 Å². The SMILES string of the molecule is C[C@]1(CO)[C@H]2Cc3sc(NCc4ccccc4)nc3[C@@H](CC(=O)N3CCC(C(N)=O)CC3)[C@]2(C)CC[C@H]1O. The Labute approximate surface area is 228 Å². The maximum atomic E-state index is 13.7. The fraction of sp³-hybridized carbons (Fsp3) is 0.621. The second-order valence-electron chi connectivity index (χ2n) is 12.0. The summed E-state index contributed by atoms with van der Waals surface area (Å²) in [6.45, 7) is 5.88. The first-order chi connectivity index (χ1) is 18.2. The number of primary amides is 1. The van der Waals surface area contributed by atoms with Crippen molar-refractivity contribution < 1.29 is 19.8 Å². The number of fused-ring (bicyclic) bond motifs is 2. The summed E-state index contributed by atoms with van der Waals surface area (Å²) in [5, 5.41) is 25.8. The van der Waals surface area contributed by atoms with E-state index in [0.29, 0.717) is 45.3 Å². The monoisotopic (exact) mass is 540 g/mol. The Morgan fingerprint density at radius 3 is 2.55 bits per heavy atom. The fourth-order valence-electron chi connectivity index (χ4n) is 7.21. The minimum atomic E-state index is -0.645. The zero-order valence-electron chi connectivity index (χ0n) is 22.4. The fourth-order valence-corrected chi connectivity index (χ4v) is 8.28. The highest BCUT2D eigenvalue weighted by atomic mass is 32.1. The third-order valence-corrected chi connectivity index (χ3v) is 10.9. The number of piperidine rings is 1. The van der Waals surface area contributed by atoms with Crippen LogP contribution in [-0.2, 0) is 22.6 Å². The normalized spacial score (nSPS) is 31.4. The molecule has 1 aromatic heterocycles. The van der Waals surface area contributed by atoms with Crippen LogP contribution in [0.25, 0.3) is 0 Å². The highest BCUT2D eigenvalue weighted by Gasteiger charge is 2.59. The van der Waals surface area contributed by atoms with Crippen molar-refractivity contribution in [1.29, 1.82) is 0 Å². The van der Waals surface area contributed by atoms with Crippen molar-refractivity contribution in [3.63, 3.8) is 0 Å². The molecule has 5 atom stereocenters. The average Bonchev–Trinajstić information content (AvgIpc) is 3.34. The first kappa shape index (κ1) is 27.1. The van der Waals surface area contributed by atoms with Gasteiger partial charge in [-0.1, -0.05) is 44.2 Å². The van der Waals surface area contributed by atoms with E-state index in [1.165, 1.54) is 5.56 Å². The molecule has 1 aliphatic heterocycles. The number of carbonyl (C=O) groups is 2. The van der Waals surface area contributed by atoms with Crippen LogP contribution in [0.4, 0.5) is 5.13 Å². The number of anilines is 1. The summed E-state index contributed by atoms with van der Waals surface area (Å²) in [7, 11) is 0. The molecule has 1 aromatic carbocycles. The van der Waals surface area contributed by atoms with Gasteiger partial charge in [-0.3, -0.25) is 9.59 Å². The van der Waals surface area contributed by atoms with Crippen LogP contribution in [0.3, 0.4) is 0 Å². The Hall–Kier alpha value is -2.49. The molecule has 2 heterocycles. The van der Waals surface area contributed by atoms with Crippen molar-refractivity contribution >= 4 is 28.3 Å². The molecule has 5 N–H and O–H groups in total. The number of rotatable bonds is 7. The molecular weight excluding hydrogens is 500 g/mol. The van der Waals surface area contributed by atoms with E-state index >= 15 is 0 Å². The number of nitrogens with one attached hydrogen (secondary N) is 1. The molecule has 3 aliphatic rings. The minimum Gasteiger partial charge on any atom is -0.396 e. The second-order valence-corrected chi connectivity index (χ2v) is 13.0. The van der Waals surface area contributed by atoms with Gasteiger partial charge in [0.15, 0.2) is 5.13 Å². The van der Waals surface area contributed by atoms with E-state index in [0.717, 1.165) is 28.5 Å². The van der Waals surface area contributed by atoms with Crippen LogP contribution in [0.1, 0.15) is 68.0 Å². The Balaban J connectivity index is 1.43. The third-order valence-electron chi connectivity index (χ3n) is 9.81. The average molecular weight is 541 g/mol. The summed E-state index contributed by atoms with van der Waals surface area (Å²) >= 11 is 1.63. The van der Waals surface area contributed by atoms with Gasteiger partial charge in [0.1, 0.15) is 0 Å². The van der Waals surface area contributed by atoms with Crippen LogP contribution in [0.2, 0.25) is 0 Å². The van der Waals surface area contributed by atoms with Crippen molar-refractivity contribution in [3.8, 4) is 0 Å². The standard InChI is InChI=1S/C29H40N4O4S/c1-28-11-8-23(35)29(2,17-34)22(28)15-21-25(32-27(38-21)31-16-18-6-4-3-5-7-18)20(28)14-24(36)33-12-9-19(10-13-33)26(30)37/h3-7,19-20,22-23,34-35H,8-17H2,1-2H3,(H2,30,37)(H,31,32)/t20-,22+,23-,28+,29+/m1/s1. The number of hydrogen-bond donors (Lipinski definition) is 4. The number of amides is 2. The predicted octanol–water partition coefficient (Wildman–Crippen LogP) is 3.28. The van der Waals surface area contributed by atoms with Crippen molar-refractivity contribution in [2.45, 2.75) is 70.9 Å². The van der Waals surface area contributed by atoms with Crippen LogP contribution < -0.4 is 11.1 Å². The summed E-state index contributed by atoms with van der Waals surface area (Å²) in [5.41, 5.74) is 6.73. The quantitative estimate of drug-likeness (QED) is 0.427. The highest BCUT2D eigenvalue weighted by Crippen LogP contribution is 2.63. The van der Waals surface area contributed by atoms with E-state index in [1.54, 1.807) is 11.3 Å². The first-order valence-electron chi connectivity index (χ1n) is 13.8. The number of aliphatic hydroxyl groups excluding tert-OH is 2. The maximum Gasteiger partial charge on any atom is 0.223 e. The number of hydrogen-bond acceptors (Lipinski definition) is 7. The molecule has 206 valence electrons. The molecular formula is C29H40N4O4S. The molecule has 8 nitrogen and oxygen atoms in total. The minimum absolute atomic E-state index is 0.0251. The largest absolute Gasteiger partial charge is 0.396 e. The molecule has 0 bridgehead atoms. The summed E-state index contributed by atoms with van der Waals surface area (Å²) < 4.78 is 0. The number of aromatic nitrogens is 1. The summed E-state index contributed by atoms with van der Waals surface area (Å²) in [6, 6.07) is 10.2. The van der Waals surface area contributed by atoms with Crippen molar-refractivity contribution in [1.82, 2.24) is 9.88 Å². The zero-order valence-corrected chi connectivity index (χ0v) is 23.2. The van der Waals surface area contributed by atoms with Crippen LogP contribution in [0, 0.1) is 22.7 Å². The molecule has 2 fully saturated rings. The van der Waals surface area contributed by atoms with Gasteiger partial charge in [-0.25, -0.2) is 4.98 Å². The van der Waals surface area contributed by atoms with Gasteiger partial charge in [-0.15, -0.1) is 11.3 Å². The van der Waals surface area contributed by atoms with Crippen LogP contribution in [-0.4, -0.2) is 57.7 Å². The molecule has 0 unspecified atom stereocenters. The number of carbonyl (C=O) groups excluding carboxylic acids is 2. The number of thiazole rings is 1. The van der Waals surface area contributed by atoms with E-state index in [9.17, 15) is 19.8 Å². The summed E-state index contributed by atoms with van der Waals surface area (Å²) in [6.07, 6.45) is 3.07. The Morgan fingerprint density at radius 1 is 1.18 bits per heavy atom. The van der Waals surface area contributed by atoms with Crippen LogP contribution in [0.5, 0.6) is 0 Å². The van der Waals surface area contributed by atoms with Gasteiger partial charge in [-0.05, 0) is 49.0 Å². The topological polar surface area (TPSA) is 129 Å². The third kappa shape index (κ3) is 4.84. The Bertz CT molecular complexity index is 1160. The summed E-state index contributed by atoms with van der Waals surface area (Å²) in [5.74, 6) is -0.457. The highest BCUT2D eigenvalue weighted by molar-refractivity contribution is 7.15. The number of aliphatic hydroxyl groups is 2. The number of nitrogens with two attached hydrogens (primary N) is 1. The van der Waals surface area contributed by atoms with E-state index in [-0.39, 0.29) is 41.6 Å². The number of benzene rings is 1. The lowest BCUT2D eigenvalue weighted by atomic mass is 9.47. The van der Waals surface area contributed by atoms with E-state index < -0.39 is 11.5 Å². The molecule has 2 amide bonds. The van der Waals surface area contributed by atoms with E-state index in [4.69, 9.17) is 10.7 Å². The van der Waals surface area contributed by atoms with Crippen molar-refractivity contribution in [2.24, 2.45) is 28.4 Å². The molecule has 0 radical (unpaired) electrons. The predicted molar refractivity (Wildman–Crippen MR) is 147 cm³/mol. The molecule has 5 rings (SSSR count). The van der Waals surface area contributed by atoms with Gasteiger partial charge in [0, 0.05) is 48.2 Å². The molecule has 38 heavy (non-hydrogen) atoms. The lowest BCUT2D eigenvalue weighted by Gasteiger charge is -2.58. The maximum absolute atomic E-state index is 13.7. The van der Waals surface area contributed by atoms with Crippen molar-refractivity contribution in [3.05, 3.63) is 46.5 Å². The lowest BCUT2D eigenvalue weighted by molar-refractivity contribution is -0.148. The second kappa shape index (κ2) is 10.6. The van der Waals surface area contributed by atoms with Gasteiger partial charge in [0.25, 0.3) is 0 Å². The molecule has 1 saturated carbocycles. The van der Waals surface area contributed by atoms with E-state index in [1.807, 2.05) is 30.0 Å². The van der Waals surface area contributed by atoms with Gasteiger partial charge < -0.3 is 26.2 Å². The van der Waals surface area contributed by atoms with Crippen molar-refractivity contribution in [2.75, 3.05) is 25.0 Å². The van der Waals surface area contributed by atoms with Crippen LogP contribution >= 0.6 is 11.3 Å². The Kier molecular flexibility index (Phi) is 7.55. The molecule has 1 saturated heterocycles. The van der Waals surface area contributed by atoms with Gasteiger partial charge in [-0.2, -0.15) is 0 Å². The van der Waals surface area contributed by atoms with E-state index in [2.05, 4.69) is 24.4 Å². The zero-order chi connectivity index (χ0) is 27.1. The number of likely N-dealkylation sites (tertiary alicyclic amines) is 1. The molecule has 2 aliphatic carbocycles. The van der Waals surface area contributed by atoms with Gasteiger partial charge in [0.2, 0.25) is 11.8 Å². The summed E-state index contributed by atoms with van der Waals surface area (Å²) in [4.78, 5) is 33.3. The molecule has 9 heteroatoms. The van der Waals surface area contributed by atoms with Crippen LogP contribution in [0.15, 0.2) is 30.3 Å². The number of nitrogens with zero attached hydrogens (tertiary/aromatic N) is 2. The Morgan fingerprint density at radius 2 is 1.89 bits per heavy atom. The first-order valence-corrected chi connectivity index (χ1v) is 14.6. The molecule has 0 spiro atoms.